The molecule has 0 amide bonds. The van der Waals surface area contributed by atoms with Crippen LogP contribution in [0.4, 0.5) is 5.82 Å². The van der Waals surface area contributed by atoms with E-state index < -0.39 is 0 Å². The van der Waals surface area contributed by atoms with E-state index in [0.717, 1.165) is 21.8 Å². The summed E-state index contributed by atoms with van der Waals surface area (Å²) in [6.07, 6.45) is 6.77. The molecule has 0 saturated heterocycles. The molecule has 0 radical (unpaired) electrons. The van der Waals surface area contributed by atoms with Crippen molar-refractivity contribution < 1.29 is 0 Å². The van der Waals surface area contributed by atoms with Crippen LogP contribution >= 0.6 is 22.6 Å². The molecule has 0 aliphatic heterocycles. The highest BCUT2D eigenvalue weighted by Gasteiger charge is 2.22. The molecule has 1 saturated carbocycles. The van der Waals surface area contributed by atoms with E-state index >= 15 is 0 Å². The number of halogens is 1. The number of H-pyrrole nitrogens is 1. The van der Waals surface area contributed by atoms with Crippen LogP contribution < -0.4 is 11.3 Å². The number of fused-ring (bicyclic) bond motifs is 1. The Hall–Kier alpha value is -1.05. The maximum Gasteiger partial charge on any atom is 0.288 e. The SMILES string of the molecule is Nc1n[nH]c(=O)c2c1c(I)cn2C1CCCC1. The van der Waals surface area contributed by atoms with E-state index in [4.69, 9.17) is 5.73 Å². The van der Waals surface area contributed by atoms with Gasteiger partial charge in [0.15, 0.2) is 5.82 Å². The number of nitrogens with two attached hydrogens (primary N) is 1. The topological polar surface area (TPSA) is 76.7 Å². The smallest absolute Gasteiger partial charge is 0.288 e. The molecule has 6 heteroatoms. The molecule has 2 aromatic rings. The van der Waals surface area contributed by atoms with Crippen LogP contribution in [0.25, 0.3) is 10.9 Å². The van der Waals surface area contributed by atoms with Gasteiger partial charge < -0.3 is 10.3 Å². The Bertz CT molecular complexity index is 624. The second-order valence-corrected chi connectivity index (χ2v) is 5.65. The maximum absolute atomic E-state index is 11.9. The molecule has 0 bridgehead atoms. The standard InChI is InChI=1S/C11H13IN4O/c12-7-5-16(6-3-1-2-4-6)9-8(7)10(13)14-15-11(9)17/h5-6H,1-4H2,(H2,13,14)(H,15,17). The van der Waals surface area contributed by atoms with Gasteiger partial charge in [0.1, 0.15) is 5.52 Å². The summed E-state index contributed by atoms with van der Waals surface area (Å²) in [7, 11) is 0. The van der Waals surface area contributed by atoms with Gasteiger partial charge in [0.25, 0.3) is 5.56 Å². The predicted molar refractivity (Wildman–Crippen MR) is 75.0 cm³/mol. The van der Waals surface area contributed by atoms with Crippen LogP contribution in [0.5, 0.6) is 0 Å². The Morgan fingerprint density at radius 3 is 2.88 bits per heavy atom. The molecule has 1 aliphatic carbocycles. The molecule has 3 N–H and O–H groups in total. The predicted octanol–water partition coefficient (Wildman–Crippen LogP) is 2.03. The number of aromatic nitrogens is 3. The van der Waals surface area contributed by atoms with E-state index in [1.54, 1.807) is 0 Å². The second kappa shape index (κ2) is 4.01. The number of nitrogen functional groups attached to an aromatic ring is 1. The number of nitrogens with zero attached hydrogens (tertiary/aromatic N) is 2. The van der Waals surface area contributed by atoms with Crippen molar-refractivity contribution in [1.82, 2.24) is 14.8 Å². The average molecular weight is 344 g/mol. The molecule has 1 aliphatic rings. The highest BCUT2D eigenvalue weighted by Crippen LogP contribution is 2.34. The minimum absolute atomic E-state index is 0.149. The van der Waals surface area contributed by atoms with Crippen molar-refractivity contribution in [2.24, 2.45) is 0 Å². The van der Waals surface area contributed by atoms with Crippen LogP contribution in [0, 0.1) is 3.57 Å². The Morgan fingerprint density at radius 1 is 1.47 bits per heavy atom. The third-order valence-electron chi connectivity index (χ3n) is 3.45. The molecule has 5 nitrogen and oxygen atoms in total. The lowest BCUT2D eigenvalue weighted by atomic mass is 10.2. The number of nitrogens with one attached hydrogen (secondary N) is 1. The van der Waals surface area contributed by atoms with Crippen LogP contribution in [0.2, 0.25) is 0 Å². The van der Waals surface area contributed by atoms with Crippen molar-refractivity contribution in [3.05, 3.63) is 20.1 Å². The van der Waals surface area contributed by atoms with Crippen LogP contribution in [-0.2, 0) is 0 Å². The lowest BCUT2D eigenvalue weighted by Gasteiger charge is -2.12. The zero-order chi connectivity index (χ0) is 12.0. The van der Waals surface area contributed by atoms with E-state index in [1.807, 2.05) is 6.20 Å². The van der Waals surface area contributed by atoms with Gasteiger partial charge in [0.2, 0.25) is 0 Å². The van der Waals surface area contributed by atoms with Crippen molar-refractivity contribution in [2.75, 3.05) is 5.73 Å². The number of aromatic amines is 1. The van der Waals surface area contributed by atoms with Gasteiger partial charge in [-0.3, -0.25) is 4.79 Å². The van der Waals surface area contributed by atoms with Crippen molar-refractivity contribution in [1.29, 1.82) is 0 Å². The lowest BCUT2D eigenvalue weighted by Crippen LogP contribution is -2.15. The number of anilines is 1. The largest absolute Gasteiger partial charge is 0.382 e. The molecule has 1 fully saturated rings. The van der Waals surface area contributed by atoms with Gasteiger partial charge in [-0.2, -0.15) is 5.10 Å². The lowest BCUT2D eigenvalue weighted by molar-refractivity contribution is 0.533. The first-order valence-corrected chi connectivity index (χ1v) is 6.80. The Morgan fingerprint density at radius 2 is 2.18 bits per heavy atom. The van der Waals surface area contributed by atoms with E-state index in [0.29, 0.717) is 17.4 Å². The Labute approximate surface area is 112 Å². The van der Waals surface area contributed by atoms with E-state index in [1.165, 1.54) is 12.8 Å². The van der Waals surface area contributed by atoms with E-state index in [2.05, 4.69) is 37.4 Å². The van der Waals surface area contributed by atoms with Crippen LogP contribution in [0.15, 0.2) is 11.0 Å². The molecule has 3 rings (SSSR count). The first-order valence-electron chi connectivity index (χ1n) is 5.72. The summed E-state index contributed by atoms with van der Waals surface area (Å²) in [6.45, 7) is 0. The molecule has 0 spiro atoms. The van der Waals surface area contributed by atoms with E-state index in [9.17, 15) is 4.79 Å². The molecule has 0 unspecified atom stereocenters. The molecule has 90 valence electrons. The average Bonchev–Trinajstić information content (AvgIpc) is 2.91. The minimum atomic E-state index is -0.149. The van der Waals surface area contributed by atoms with Crippen molar-refractivity contribution >= 4 is 39.3 Å². The van der Waals surface area contributed by atoms with Crippen molar-refractivity contribution in [2.45, 2.75) is 31.7 Å². The first kappa shape index (κ1) is 11.1. The summed E-state index contributed by atoms with van der Waals surface area (Å²) < 4.78 is 3.08. The first-order chi connectivity index (χ1) is 8.18. The minimum Gasteiger partial charge on any atom is -0.382 e. The fourth-order valence-corrected chi connectivity index (χ4v) is 3.49. The summed E-state index contributed by atoms with van der Waals surface area (Å²) in [5, 5.41) is 7.09. The fraction of sp³-hybridized carbons (Fsp3) is 0.455. The molecular formula is C11H13IN4O. The highest BCUT2D eigenvalue weighted by atomic mass is 127. The third-order valence-corrected chi connectivity index (χ3v) is 4.27. The summed E-state index contributed by atoms with van der Waals surface area (Å²) in [5.41, 5.74) is 6.36. The Kier molecular flexibility index (Phi) is 2.61. The van der Waals surface area contributed by atoms with Gasteiger partial charge in [-0.1, -0.05) is 12.8 Å². The summed E-state index contributed by atoms with van der Waals surface area (Å²) in [6, 6.07) is 0.434. The molecule has 2 aromatic heterocycles. The van der Waals surface area contributed by atoms with Crippen LogP contribution in [0.3, 0.4) is 0 Å². The van der Waals surface area contributed by atoms with E-state index in [-0.39, 0.29) is 5.56 Å². The number of rotatable bonds is 1. The molecule has 0 aromatic carbocycles. The normalized spacial score (nSPS) is 17.0. The second-order valence-electron chi connectivity index (χ2n) is 4.48. The van der Waals surface area contributed by atoms with Crippen LogP contribution in [-0.4, -0.2) is 14.8 Å². The molecule has 17 heavy (non-hydrogen) atoms. The summed E-state index contributed by atoms with van der Waals surface area (Å²) >= 11 is 2.21. The van der Waals surface area contributed by atoms with Crippen molar-refractivity contribution in [3.8, 4) is 0 Å². The maximum atomic E-state index is 11.9. The number of hydrogen-bond acceptors (Lipinski definition) is 3. The van der Waals surface area contributed by atoms with Gasteiger partial charge in [-0.25, -0.2) is 5.10 Å². The zero-order valence-corrected chi connectivity index (χ0v) is 11.4. The zero-order valence-electron chi connectivity index (χ0n) is 9.24. The van der Waals surface area contributed by atoms with Gasteiger partial charge in [0, 0.05) is 15.8 Å². The van der Waals surface area contributed by atoms with Crippen molar-refractivity contribution in [3.63, 3.8) is 0 Å². The molecular weight excluding hydrogens is 331 g/mol. The fourth-order valence-electron chi connectivity index (χ4n) is 2.66. The monoisotopic (exact) mass is 344 g/mol. The molecule has 0 atom stereocenters. The quantitative estimate of drug-likeness (QED) is 0.777. The van der Waals surface area contributed by atoms with Gasteiger partial charge in [-0.15, -0.1) is 0 Å². The van der Waals surface area contributed by atoms with Crippen LogP contribution in [0.1, 0.15) is 31.7 Å². The number of hydrogen-bond donors (Lipinski definition) is 2. The highest BCUT2D eigenvalue weighted by molar-refractivity contribution is 14.1. The van der Waals surface area contributed by atoms with Gasteiger partial charge >= 0.3 is 0 Å². The Balaban J connectivity index is 2.32. The summed E-state index contributed by atoms with van der Waals surface area (Å²) in [4.78, 5) is 11.9. The van der Waals surface area contributed by atoms with Gasteiger partial charge in [-0.05, 0) is 35.4 Å². The van der Waals surface area contributed by atoms with Gasteiger partial charge in [0.05, 0.1) is 5.39 Å². The summed E-state index contributed by atoms with van der Waals surface area (Å²) in [5.74, 6) is 0.403. The molecule has 2 heterocycles. The third kappa shape index (κ3) is 1.65.